The van der Waals surface area contributed by atoms with Crippen LogP contribution < -0.4 is 0 Å². The molecule has 33 heavy (non-hydrogen) atoms. The molecule has 0 aromatic heterocycles. The quantitative estimate of drug-likeness (QED) is 0.174. The van der Waals surface area contributed by atoms with E-state index >= 15 is 0 Å². The fourth-order valence-electron chi connectivity index (χ4n) is 4.48. The molecule has 192 valence electrons. The average molecular weight is 471 g/mol. The molecular weight excluding hydrogens is 424 g/mol. The molecule has 2 rings (SSSR count). The summed E-state index contributed by atoms with van der Waals surface area (Å²) in [5.41, 5.74) is 0. The minimum atomic E-state index is -1.37. The SMILES string of the molecule is CCCCCCCCC=CCCCCCCCC(=O)O[C@@H]1[C@@H](O)CO[C@@H]1C1(CO)OCCO1. The van der Waals surface area contributed by atoms with Gasteiger partial charge in [-0.15, -0.1) is 0 Å². The van der Waals surface area contributed by atoms with Crippen LogP contribution in [-0.2, 0) is 23.7 Å². The summed E-state index contributed by atoms with van der Waals surface area (Å²) in [6.07, 6.45) is 17.9. The summed E-state index contributed by atoms with van der Waals surface area (Å²) in [7, 11) is 0. The Morgan fingerprint density at radius 1 is 0.939 bits per heavy atom. The summed E-state index contributed by atoms with van der Waals surface area (Å²) in [6, 6.07) is 0. The van der Waals surface area contributed by atoms with Crippen LogP contribution in [0.5, 0.6) is 0 Å². The maximum atomic E-state index is 12.3. The third-order valence-electron chi connectivity index (χ3n) is 6.46. The number of ether oxygens (including phenoxy) is 4. The van der Waals surface area contributed by atoms with Gasteiger partial charge in [-0.2, -0.15) is 0 Å². The van der Waals surface area contributed by atoms with Crippen LogP contribution in [0, 0.1) is 0 Å². The molecule has 0 spiro atoms. The fourth-order valence-corrected chi connectivity index (χ4v) is 4.48. The highest BCUT2D eigenvalue weighted by Gasteiger charge is 2.55. The van der Waals surface area contributed by atoms with Gasteiger partial charge in [0.05, 0.1) is 19.8 Å². The molecule has 0 aromatic carbocycles. The van der Waals surface area contributed by atoms with Crippen molar-refractivity contribution in [3.63, 3.8) is 0 Å². The number of hydrogen-bond acceptors (Lipinski definition) is 7. The van der Waals surface area contributed by atoms with Gasteiger partial charge in [0.25, 0.3) is 0 Å². The predicted molar refractivity (Wildman–Crippen MR) is 127 cm³/mol. The number of rotatable bonds is 18. The van der Waals surface area contributed by atoms with E-state index in [1.54, 1.807) is 0 Å². The molecule has 2 heterocycles. The van der Waals surface area contributed by atoms with E-state index in [2.05, 4.69) is 19.1 Å². The molecule has 2 saturated heterocycles. The fraction of sp³-hybridized carbons (Fsp3) is 0.885. The molecular formula is C26H46O7. The number of unbranched alkanes of at least 4 members (excludes halogenated alkanes) is 11. The highest BCUT2D eigenvalue weighted by molar-refractivity contribution is 5.69. The summed E-state index contributed by atoms with van der Waals surface area (Å²) >= 11 is 0. The first-order valence-corrected chi connectivity index (χ1v) is 13.2. The lowest BCUT2D eigenvalue weighted by Crippen LogP contribution is -2.54. The van der Waals surface area contributed by atoms with Gasteiger partial charge in [-0.3, -0.25) is 4.79 Å². The van der Waals surface area contributed by atoms with Crippen molar-refractivity contribution in [2.24, 2.45) is 0 Å². The monoisotopic (exact) mass is 470 g/mol. The van der Waals surface area contributed by atoms with Gasteiger partial charge in [0, 0.05) is 6.42 Å². The number of aliphatic hydroxyl groups is 2. The van der Waals surface area contributed by atoms with Crippen molar-refractivity contribution in [2.75, 3.05) is 26.4 Å². The van der Waals surface area contributed by atoms with Crippen molar-refractivity contribution in [3.05, 3.63) is 12.2 Å². The maximum absolute atomic E-state index is 12.3. The van der Waals surface area contributed by atoms with Crippen molar-refractivity contribution in [1.29, 1.82) is 0 Å². The second kappa shape index (κ2) is 16.6. The van der Waals surface area contributed by atoms with E-state index in [9.17, 15) is 15.0 Å². The topological polar surface area (TPSA) is 94.5 Å². The molecule has 0 radical (unpaired) electrons. The van der Waals surface area contributed by atoms with Gasteiger partial charge in [-0.1, -0.05) is 70.4 Å². The standard InChI is InChI=1S/C26H46O7/c1-2-3-4-5-6-7-8-9-10-11-12-13-14-15-16-17-23(29)33-24-22(28)20-30-25(24)26(21-27)31-18-19-32-26/h9-10,22,24-25,27-28H,2-8,11-21H2,1H3/t22-,24+,25-/m0/s1. The highest BCUT2D eigenvalue weighted by atomic mass is 16.8. The Balaban J connectivity index is 1.49. The van der Waals surface area contributed by atoms with Gasteiger partial charge < -0.3 is 29.2 Å². The van der Waals surface area contributed by atoms with Crippen LogP contribution in [0.1, 0.15) is 96.8 Å². The second-order valence-corrected chi connectivity index (χ2v) is 9.28. The predicted octanol–water partition coefficient (Wildman–Crippen LogP) is 4.43. The van der Waals surface area contributed by atoms with E-state index < -0.39 is 30.7 Å². The molecule has 2 aliphatic rings. The first-order chi connectivity index (χ1) is 16.1. The number of allylic oxidation sites excluding steroid dienone is 2. The molecule has 7 nitrogen and oxygen atoms in total. The third kappa shape index (κ3) is 10.0. The molecule has 0 unspecified atom stereocenters. The van der Waals surface area contributed by atoms with Gasteiger partial charge in [0.2, 0.25) is 5.79 Å². The normalized spacial score (nSPS) is 24.6. The Bertz CT molecular complexity index is 545. The number of aliphatic hydroxyl groups excluding tert-OH is 2. The van der Waals surface area contributed by atoms with Crippen LogP contribution in [0.4, 0.5) is 0 Å². The zero-order chi connectivity index (χ0) is 23.8. The van der Waals surface area contributed by atoms with Gasteiger partial charge in [0.15, 0.2) is 12.2 Å². The second-order valence-electron chi connectivity index (χ2n) is 9.28. The Morgan fingerprint density at radius 3 is 2.12 bits per heavy atom. The Labute approximate surface area is 199 Å². The van der Waals surface area contributed by atoms with Crippen LogP contribution in [-0.4, -0.2) is 66.7 Å². The molecule has 2 aliphatic heterocycles. The minimum absolute atomic E-state index is 0.0183. The third-order valence-corrected chi connectivity index (χ3v) is 6.46. The van der Waals surface area contributed by atoms with E-state index in [1.807, 2.05) is 0 Å². The molecule has 0 aliphatic carbocycles. The van der Waals surface area contributed by atoms with Crippen LogP contribution in [0.2, 0.25) is 0 Å². The Morgan fingerprint density at radius 2 is 1.52 bits per heavy atom. The summed E-state index contributed by atoms with van der Waals surface area (Å²) in [4.78, 5) is 12.3. The molecule has 0 saturated carbocycles. The number of esters is 1. The van der Waals surface area contributed by atoms with Gasteiger partial charge in [-0.25, -0.2) is 0 Å². The number of hydrogen-bond donors (Lipinski definition) is 2. The summed E-state index contributed by atoms with van der Waals surface area (Å²) in [5, 5.41) is 19.9. The zero-order valence-electron chi connectivity index (χ0n) is 20.6. The number of carbonyl (C=O) groups is 1. The highest BCUT2D eigenvalue weighted by Crippen LogP contribution is 2.33. The lowest BCUT2D eigenvalue weighted by molar-refractivity contribution is -0.257. The zero-order valence-corrected chi connectivity index (χ0v) is 20.6. The van der Waals surface area contributed by atoms with Gasteiger partial charge in [0.1, 0.15) is 12.7 Å². The van der Waals surface area contributed by atoms with Gasteiger partial charge in [-0.05, 0) is 32.1 Å². The maximum Gasteiger partial charge on any atom is 0.306 e. The lowest BCUT2D eigenvalue weighted by Gasteiger charge is -2.33. The van der Waals surface area contributed by atoms with E-state index in [0.29, 0.717) is 19.6 Å². The van der Waals surface area contributed by atoms with Crippen LogP contribution >= 0.6 is 0 Å². The van der Waals surface area contributed by atoms with Crippen LogP contribution in [0.25, 0.3) is 0 Å². The van der Waals surface area contributed by atoms with Crippen molar-refractivity contribution in [1.82, 2.24) is 0 Å². The van der Waals surface area contributed by atoms with Crippen LogP contribution in [0.3, 0.4) is 0 Å². The number of carbonyl (C=O) groups excluding carboxylic acids is 1. The molecule has 0 bridgehead atoms. The smallest absolute Gasteiger partial charge is 0.306 e. The van der Waals surface area contributed by atoms with E-state index in [0.717, 1.165) is 25.7 Å². The minimum Gasteiger partial charge on any atom is -0.456 e. The molecule has 2 N–H and O–H groups in total. The van der Waals surface area contributed by atoms with Gasteiger partial charge >= 0.3 is 5.97 Å². The Hall–Kier alpha value is -0.990. The van der Waals surface area contributed by atoms with Crippen molar-refractivity contribution >= 4 is 5.97 Å². The van der Waals surface area contributed by atoms with Crippen LogP contribution in [0.15, 0.2) is 12.2 Å². The first kappa shape index (κ1) is 28.2. The van der Waals surface area contributed by atoms with E-state index in [1.165, 1.54) is 57.8 Å². The van der Waals surface area contributed by atoms with E-state index in [-0.39, 0.29) is 12.6 Å². The van der Waals surface area contributed by atoms with E-state index in [4.69, 9.17) is 18.9 Å². The average Bonchev–Trinajstić information content (AvgIpc) is 3.44. The van der Waals surface area contributed by atoms with Crippen molar-refractivity contribution < 1.29 is 34.0 Å². The van der Waals surface area contributed by atoms with Crippen molar-refractivity contribution in [3.8, 4) is 0 Å². The summed E-state index contributed by atoms with van der Waals surface area (Å²) in [6.45, 7) is 2.50. The summed E-state index contributed by atoms with van der Waals surface area (Å²) < 4.78 is 22.1. The first-order valence-electron chi connectivity index (χ1n) is 13.2. The van der Waals surface area contributed by atoms with Crippen molar-refractivity contribution in [2.45, 2.75) is 121 Å². The summed E-state index contributed by atoms with van der Waals surface area (Å²) in [5.74, 6) is -1.73. The lowest BCUT2D eigenvalue weighted by atomic mass is 10.0. The molecule has 7 heteroatoms. The molecule has 3 atom stereocenters. The molecule has 2 fully saturated rings. The molecule has 0 amide bonds. The largest absolute Gasteiger partial charge is 0.456 e. The molecule has 0 aromatic rings. The Kier molecular flexibility index (Phi) is 14.2.